The van der Waals surface area contributed by atoms with Crippen LogP contribution in [0.4, 0.5) is 0 Å². The largest absolute Gasteiger partial charge is 0.493 e. The van der Waals surface area contributed by atoms with E-state index >= 15 is 0 Å². The van der Waals surface area contributed by atoms with Gasteiger partial charge in [0.15, 0.2) is 0 Å². The average Bonchev–Trinajstić information content (AvgIpc) is 2.29. The van der Waals surface area contributed by atoms with Crippen molar-refractivity contribution in [2.24, 2.45) is 5.73 Å². The fourth-order valence-electron chi connectivity index (χ4n) is 1.64. The molecule has 0 spiro atoms. The Bertz CT molecular complexity index is 363. The molecule has 1 amide bonds. The van der Waals surface area contributed by atoms with Crippen molar-refractivity contribution in [3.63, 3.8) is 0 Å². The molecule has 0 aromatic heterocycles. The second-order valence-electron chi connectivity index (χ2n) is 4.88. The van der Waals surface area contributed by atoms with Crippen LogP contribution in [0.2, 0.25) is 0 Å². The van der Waals surface area contributed by atoms with Crippen molar-refractivity contribution >= 4 is 5.91 Å². The van der Waals surface area contributed by atoms with Gasteiger partial charge >= 0.3 is 0 Å². The maximum atomic E-state index is 11.7. The van der Waals surface area contributed by atoms with Crippen molar-refractivity contribution in [1.29, 1.82) is 0 Å². The lowest BCUT2D eigenvalue weighted by molar-refractivity contribution is -0.123. The van der Waals surface area contributed by atoms with Crippen molar-refractivity contribution in [1.82, 2.24) is 5.32 Å². The Kier molecular flexibility index (Phi) is 5.65. The number of ether oxygens (including phenoxy) is 1. The molecule has 3 N–H and O–H groups in total. The number of hydrogen-bond acceptors (Lipinski definition) is 3. The fourth-order valence-corrected chi connectivity index (χ4v) is 1.64. The van der Waals surface area contributed by atoms with Crippen LogP contribution in [-0.4, -0.2) is 24.6 Å². The molecule has 0 aliphatic carbocycles. The smallest absolute Gasteiger partial charge is 0.223 e. The monoisotopic (exact) mass is 250 g/mol. The van der Waals surface area contributed by atoms with Gasteiger partial charge in [0.2, 0.25) is 5.91 Å². The van der Waals surface area contributed by atoms with Crippen LogP contribution in [0.3, 0.4) is 0 Å². The highest BCUT2D eigenvalue weighted by atomic mass is 16.5. The van der Waals surface area contributed by atoms with E-state index in [-0.39, 0.29) is 11.4 Å². The highest BCUT2D eigenvalue weighted by Crippen LogP contribution is 2.09. The third kappa shape index (κ3) is 5.68. The summed E-state index contributed by atoms with van der Waals surface area (Å²) in [5, 5.41) is 2.94. The average molecular weight is 250 g/mol. The van der Waals surface area contributed by atoms with Crippen LogP contribution in [0.5, 0.6) is 5.75 Å². The van der Waals surface area contributed by atoms with Gasteiger partial charge in [0, 0.05) is 5.54 Å². The lowest BCUT2D eigenvalue weighted by atomic mass is 10.0. The van der Waals surface area contributed by atoms with Crippen molar-refractivity contribution in [3.05, 3.63) is 30.3 Å². The molecule has 0 atom stereocenters. The molecule has 1 aromatic rings. The summed E-state index contributed by atoms with van der Waals surface area (Å²) in [6, 6.07) is 9.47. The number of amides is 1. The molecule has 1 rings (SSSR count). The highest BCUT2D eigenvalue weighted by molar-refractivity contribution is 5.76. The number of nitrogens with one attached hydrogen (secondary N) is 1. The summed E-state index contributed by atoms with van der Waals surface area (Å²) in [6.45, 7) is 4.88. The van der Waals surface area contributed by atoms with Crippen LogP contribution in [-0.2, 0) is 4.79 Å². The maximum absolute atomic E-state index is 11.7. The first kappa shape index (κ1) is 14.5. The molecule has 100 valence electrons. The molecule has 0 saturated carbocycles. The normalized spacial score (nSPS) is 11.1. The van der Waals surface area contributed by atoms with Gasteiger partial charge in [-0.3, -0.25) is 4.79 Å². The third-order valence-corrected chi connectivity index (χ3v) is 2.59. The summed E-state index contributed by atoms with van der Waals surface area (Å²) >= 11 is 0. The van der Waals surface area contributed by atoms with E-state index in [0.29, 0.717) is 19.6 Å². The minimum atomic E-state index is -0.251. The van der Waals surface area contributed by atoms with Crippen LogP contribution in [0.1, 0.15) is 26.7 Å². The van der Waals surface area contributed by atoms with Crippen LogP contribution >= 0.6 is 0 Å². The fraction of sp³-hybridized carbons (Fsp3) is 0.500. The number of carbonyl (C=O) groups is 1. The Morgan fingerprint density at radius 2 is 2.00 bits per heavy atom. The van der Waals surface area contributed by atoms with E-state index in [4.69, 9.17) is 10.5 Å². The molecule has 0 unspecified atom stereocenters. The lowest BCUT2D eigenvalue weighted by Gasteiger charge is -2.25. The van der Waals surface area contributed by atoms with Crippen LogP contribution in [0.25, 0.3) is 0 Å². The van der Waals surface area contributed by atoms with Crippen LogP contribution in [0.15, 0.2) is 30.3 Å². The van der Waals surface area contributed by atoms with E-state index in [2.05, 4.69) is 5.32 Å². The number of benzene rings is 1. The summed E-state index contributed by atoms with van der Waals surface area (Å²) in [5.41, 5.74) is 5.24. The zero-order valence-electron chi connectivity index (χ0n) is 11.1. The quantitative estimate of drug-likeness (QED) is 0.774. The third-order valence-electron chi connectivity index (χ3n) is 2.59. The Hall–Kier alpha value is -1.55. The van der Waals surface area contributed by atoms with Gasteiger partial charge < -0.3 is 15.8 Å². The van der Waals surface area contributed by atoms with E-state index < -0.39 is 0 Å². The molecule has 4 heteroatoms. The number of rotatable bonds is 7. The molecule has 0 fully saturated rings. The van der Waals surface area contributed by atoms with Crippen molar-refractivity contribution < 1.29 is 9.53 Å². The Labute approximate surface area is 109 Å². The molecule has 0 aliphatic heterocycles. The number of nitrogens with two attached hydrogens (primary N) is 1. The molecule has 0 radical (unpaired) electrons. The van der Waals surface area contributed by atoms with Gasteiger partial charge in [-0.25, -0.2) is 0 Å². The minimum Gasteiger partial charge on any atom is -0.493 e. The Balaban J connectivity index is 2.25. The van der Waals surface area contributed by atoms with E-state index in [1.54, 1.807) is 0 Å². The number of para-hydroxylation sites is 1. The summed E-state index contributed by atoms with van der Waals surface area (Å²) in [4.78, 5) is 11.7. The molecular weight excluding hydrogens is 228 g/mol. The second kappa shape index (κ2) is 7.01. The van der Waals surface area contributed by atoms with Gasteiger partial charge in [-0.2, -0.15) is 0 Å². The zero-order valence-corrected chi connectivity index (χ0v) is 11.1. The van der Waals surface area contributed by atoms with Gasteiger partial charge in [0.05, 0.1) is 13.0 Å². The molecule has 1 aromatic carbocycles. The molecule has 0 saturated heterocycles. The summed E-state index contributed by atoms with van der Waals surface area (Å²) < 4.78 is 5.47. The first-order chi connectivity index (χ1) is 8.53. The summed E-state index contributed by atoms with van der Waals surface area (Å²) in [5.74, 6) is 0.774. The lowest BCUT2D eigenvalue weighted by Crippen LogP contribution is -2.45. The molecule has 0 heterocycles. The van der Waals surface area contributed by atoms with Gasteiger partial charge in [-0.05, 0) is 38.9 Å². The van der Waals surface area contributed by atoms with E-state index in [9.17, 15) is 4.79 Å². The van der Waals surface area contributed by atoms with Gasteiger partial charge in [-0.15, -0.1) is 0 Å². The van der Waals surface area contributed by atoms with Gasteiger partial charge in [0.1, 0.15) is 5.75 Å². The van der Waals surface area contributed by atoms with Gasteiger partial charge in [-0.1, -0.05) is 18.2 Å². The van der Waals surface area contributed by atoms with E-state index in [1.807, 2.05) is 44.2 Å². The predicted octanol–water partition coefficient (Wildman–Crippen LogP) is 1.70. The highest BCUT2D eigenvalue weighted by Gasteiger charge is 2.18. The molecule has 18 heavy (non-hydrogen) atoms. The van der Waals surface area contributed by atoms with Crippen LogP contribution in [0, 0.1) is 0 Å². The van der Waals surface area contributed by atoms with Crippen molar-refractivity contribution in [3.8, 4) is 5.75 Å². The zero-order chi connectivity index (χ0) is 13.4. The topological polar surface area (TPSA) is 64.3 Å². The molecular formula is C14H22N2O2. The Morgan fingerprint density at radius 1 is 1.33 bits per heavy atom. The SMILES string of the molecule is CC(C)(CCN)NC(=O)CCOc1ccccc1. The number of hydrogen-bond donors (Lipinski definition) is 2. The second-order valence-corrected chi connectivity index (χ2v) is 4.88. The van der Waals surface area contributed by atoms with Crippen molar-refractivity contribution in [2.75, 3.05) is 13.2 Å². The molecule has 0 bridgehead atoms. The first-order valence-electron chi connectivity index (χ1n) is 6.22. The van der Waals surface area contributed by atoms with Gasteiger partial charge in [0.25, 0.3) is 0 Å². The van der Waals surface area contributed by atoms with E-state index in [0.717, 1.165) is 12.2 Å². The molecule has 4 nitrogen and oxygen atoms in total. The van der Waals surface area contributed by atoms with E-state index in [1.165, 1.54) is 0 Å². The molecule has 0 aliphatic rings. The first-order valence-corrected chi connectivity index (χ1v) is 6.22. The standard InChI is InChI=1S/C14H22N2O2/c1-14(2,9-10-15)16-13(17)8-11-18-12-6-4-3-5-7-12/h3-7H,8-11,15H2,1-2H3,(H,16,17). The predicted molar refractivity (Wildman–Crippen MR) is 72.4 cm³/mol. The van der Waals surface area contributed by atoms with Crippen LogP contribution < -0.4 is 15.8 Å². The van der Waals surface area contributed by atoms with Crippen molar-refractivity contribution in [2.45, 2.75) is 32.2 Å². The summed E-state index contributed by atoms with van der Waals surface area (Å²) in [6.07, 6.45) is 1.11. The number of carbonyl (C=O) groups excluding carboxylic acids is 1. The summed E-state index contributed by atoms with van der Waals surface area (Å²) in [7, 11) is 0. The minimum absolute atomic E-state index is 0.00983. The Morgan fingerprint density at radius 3 is 2.61 bits per heavy atom. The maximum Gasteiger partial charge on any atom is 0.223 e.